The Hall–Kier alpha value is -0.610. The molecule has 0 spiro atoms. The summed E-state index contributed by atoms with van der Waals surface area (Å²) in [6, 6.07) is -0.346. The van der Waals surface area contributed by atoms with Crippen LogP contribution in [-0.2, 0) is 4.79 Å². The average Bonchev–Trinajstić information content (AvgIpc) is 2.39. The van der Waals surface area contributed by atoms with Crippen LogP contribution in [0.15, 0.2) is 0 Å². The van der Waals surface area contributed by atoms with Gasteiger partial charge in [-0.15, -0.1) is 0 Å². The number of carboxylic acids is 1. The van der Waals surface area contributed by atoms with Gasteiger partial charge in [0.2, 0.25) is 0 Å². The topological polar surface area (TPSA) is 52.6 Å². The van der Waals surface area contributed by atoms with E-state index in [0.29, 0.717) is 5.92 Å². The molecule has 0 aromatic carbocycles. The zero-order valence-electron chi connectivity index (χ0n) is 11.8. The Balaban J connectivity index is 2.35. The summed E-state index contributed by atoms with van der Waals surface area (Å²) in [5.74, 6) is -0.352. The molecule has 2 N–H and O–H groups in total. The van der Waals surface area contributed by atoms with E-state index >= 15 is 0 Å². The van der Waals surface area contributed by atoms with Crippen molar-refractivity contribution in [2.75, 3.05) is 26.2 Å². The lowest BCUT2D eigenvalue weighted by Gasteiger charge is -2.29. The maximum Gasteiger partial charge on any atom is 0.320 e. The summed E-state index contributed by atoms with van der Waals surface area (Å²) in [7, 11) is 0. The van der Waals surface area contributed by atoms with E-state index in [1.807, 2.05) is 0 Å². The van der Waals surface area contributed by atoms with Crippen LogP contribution in [0.25, 0.3) is 0 Å². The van der Waals surface area contributed by atoms with E-state index in [2.05, 4.69) is 24.1 Å². The van der Waals surface area contributed by atoms with Gasteiger partial charge in [0.1, 0.15) is 6.04 Å². The highest BCUT2D eigenvalue weighted by atomic mass is 16.4. The van der Waals surface area contributed by atoms with Gasteiger partial charge < -0.3 is 15.3 Å². The second kappa shape index (κ2) is 8.48. The van der Waals surface area contributed by atoms with Gasteiger partial charge in [-0.25, -0.2) is 0 Å². The number of carboxylic acid groups (broad SMARTS) is 1. The summed E-state index contributed by atoms with van der Waals surface area (Å²) in [5.41, 5.74) is 0. The molecule has 0 aromatic heterocycles. The third-order valence-corrected chi connectivity index (χ3v) is 4.07. The molecular weight excluding hydrogens is 228 g/mol. The van der Waals surface area contributed by atoms with E-state index in [9.17, 15) is 9.90 Å². The zero-order chi connectivity index (χ0) is 13.4. The van der Waals surface area contributed by atoms with E-state index in [0.717, 1.165) is 39.0 Å². The van der Waals surface area contributed by atoms with Gasteiger partial charge in [-0.05, 0) is 31.8 Å². The van der Waals surface area contributed by atoms with Crippen molar-refractivity contribution in [1.82, 2.24) is 10.2 Å². The molecular formula is C14H28N2O2. The first-order valence-electron chi connectivity index (χ1n) is 7.37. The van der Waals surface area contributed by atoms with E-state index < -0.39 is 5.97 Å². The van der Waals surface area contributed by atoms with Crippen LogP contribution in [0.5, 0.6) is 0 Å². The summed E-state index contributed by atoms with van der Waals surface area (Å²) in [5, 5.41) is 12.6. The summed E-state index contributed by atoms with van der Waals surface area (Å²) in [6.07, 6.45) is 5.77. The lowest BCUT2D eigenvalue weighted by Crippen LogP contribution is -2.46. The maximum absolute atomic E-state index is 11.3. The highest BCUT2D eigenvalue weighted by Gasteiger charge is 2.28. The van der Waals surface area contributed by atoms with Crippen LogP contribution < -0.4 is 5.32 Å². The van der Waals surface area contributed by atoms with Gasteiger partial charge >= 0.3 is 5.97 Å². The minimum atomic E-state index is -0.679. The molecule has 4 nitrogen and oxygen atoms in total. The molecule has 18 heavy (non-hydrogen) atoms. The highest BCUT2D eigenvalue weighted by Crippen LogP contribution is 2.26. The number of aliphatic carboxylic acids is 1. The smallest absolute Gasteiger partial charge is 0.320 e. The Bertz CT molecular complexity index is 236. The van der Waals surface area contributed by atoms with Gasteiger partial charge in [0.05, 0.1) is 0 Å². The minimum absolute atomic E-state index is 0.327. The number of nitrogens with zero attached hydrogens (tertiary/aromatic N) is 1. The molecule has 1 atom stereocenters. The first kappa shape index (κ1) is 15.4. The Morgan fingerprint density at radius 2 is 1.89 bits per heavy atom. The molecule has 0 heterocycles. The van der Waals surface area contributed by atoms with Gasteiger partial charge in [0, 0.05) is 13.1 Å². The molecule has 0 aliphatic heterocycles. The highest BCUT2D eigenvalue weighted by molar-refractivity contribution is 5.73. The Morgan fingerprint density at radius 3 is 2.39 bits per heavy atom. The second-order valence-corrected chi connectivity index (χ2v) is 5.20. The van der Waals surface area contributed by atoms with Crippen LogP contribution in [0.4, 0.5) is 0 Å². The molecule has 1 unspecified atom stereocenters. The third kappa shape index (κ3) is 4.94. The van der Waals surface area contributed by atoms with Crippen molar-refractivity contribution in [2.24, 2.45) is 5.92 Å². The number of nitrogens with one attached hydrogen (secondary N) is 1. The standard InChI is InChI=1S/C14H28N2O2/c1-3-16(4-2)11-10-15-13(14(17)18)12-8-6-5-7-9-12/h12-13,15H,3-11H2,1-2H3,(H,17,18). The average molecular weight is 256 g/mol. The Morgan fingerprint density at radius 1 is 1.28 bits per heavy atom. The number of hydrogen-bond donors (Lipinski definition) is 2. The largest absolute Gasteiger partial charge is 0.480 e. The Kier molecular flexibility index (Phi) is 7.28. The van der Waals surface area contributed by atoms with Crippen LogP contribution in [-0.4, -0.2) is 48.2 Å². The van der Waals surface area contributed by atoms with Crippen LogP contribution in [0.1, 0.15) is 46.0 Å². The van der Waals surface area contributed by atoms with Crippen LogP contribution in [0, 0.1) is 5.92 Å². The molecule has 0 aromatic rings. The lowest BCUT2D eigenvalue weighted by molar-refractivity contribution is -0.141. The molecule has 106 valence electrons. The SMILES string of the molecule is CCN(CC)CCNC(C(=O)O)C1CCCCC1. The predicted molar refractivity (Wildman–Crippen MR) is 73.8 cm³/mol. The van der Waals surface area contributed by atoms with Crippen LogP contribution >= 0.6 is 0 Å². The maximum atomic E-state index is 11.3. The molecule has 0 amide bonds. The Labute approximate surface area is 111 Å². The predicted octanol–water partition coefficient (Wildman–Crippen LogP) is 1.95. The van der Waals surface area contributed by atoms with E-state index in [4.69, 9.17) is 0 Å². The summed E-state index contributed by atoms with van der Waals surface area (Å²) < 4.78 is 0. The fraction of sp³-hybridized carbons (Fsp3) is 0.929. The van der Waals surface area contributed by atoms with Crippen LogP contribution in [0.2, 0.25) is 0 Å². The third-order valence-electron chi connectivity index (χ3n) is 4.07. The van der Waals surface area contributed by atoms with Gasteiger partial charge in [0.15, 0.2) is 0 Å². The van der Waals surface area contributed by atoms with Crippen molar-refractivity contribution in [1.29, 1.82) is 0 Å². The van der Waals surface area contributed by atoms with Crippen molar-refractivity contribution < 1.29 is 9.90 Å². The number of hydrogen-bond acceptors (Lipinski definition) is 3. The number of likely N-dealkylation sites (N-methyl/N-ethyl adjacent to an activating group) is 1. The molecule has 0 saturated heterocycles. The van der Waals surface area contributed by atoms with Crippen molar-refractivity contribution in [3.63, 3.8) is 0 Å². The quantitative estimate of drug-likeness (QED) is 0.697. The zero-order valence-corrected chi connectivity index (χ0v) is 11.8. The van der Waals surface area contributed by atoms with E-state index in [-0.39, 0.29) is 6.04 Å². The number of carbonyl (C=O) groups is 1. The van der Waals surface area contributed by atoms with Gasteiger partial charge in [-0.1, -0.05) is 33.1 Å². The molecule has 1 aliphatic rings. The molecule has 1 fully saturated rings. The number of rotatable bonds is 8. The van der Waals surface area contributed by atoms with Crippen LogP contribution in [0.3, 0.4) is 0 Å². The minimum Gasteiger partial charge on any atom is -0.480 e. The van der Waals surface area contributed by atoms with Gasteiger partial charge in [-0.2, -0.15) is 0 Å². The van der Waals surface area contributed by atoms with Gasteiger partial charge in [0.25, 0.3) is 0 Å². The molecule has 1 saturated carbocycles. The fourth-order valence-electron chi connectivity index (χ4n) is 2.84. The first-order valence-corrected chi connectivity index (χ1v) is 7.37. The molecule has 1 aliphatic carbocycles. The van der Waals surface area contributed by atoms with E-state index in [1.54, 1.807) is 0 Å². The summed E-state index contributed by atoms with van der Waals surface area (Å²) in [6.45, 7) is 8.04. The monoisotopic (exact) mass is 256 g/mol. The molecule has 4 heteroatoms. The van der Waals surface area contributed by atoms with Crippen molar-refractivity contribution in [3.8, 4) is 0 Å². The molecule has 0 radical (unpaired) electrons. The van der Waals surface area contributed by atoms with E-state index in [1.165, 1.54) is 19.3 Å². The lowest BCUT2D eigenvalue weighted by atomic mass is 9.84. The second-order valence-electron chi connectivity index (χ2n) is 5.20. The summed E-state index contributed by atoms with van der Waals surface area (Å²) in [4.78, 5) is 13.6. The fourth-order valence-corrected chi connectivity index (χ4v) is 2.84. The summed E-state index contributed by atoms with van der Waals surface area (Å²) >= 11 is 0. The first-order chi connectivity index (χ1) is 8.69. The van der Waals surface area contributed by atoms with Crippen molar-refractivity contribution in [3.05, 3.63) is 0 Å². The molecule has 0 bridgehead atoms. The van der Waals surface area contributed by atoms with Gasteiger partial charge in [-0.3, -0.25) is 4.79 Å². The van der Waals surface area contributed by atoms with Crippen molar-refractivity contribution in [2.45, 2.75) is 52.0 Å². The normalized spacial score (nSPS) is 19.1. The molecule has 1 rings (SSSR count). The van der Waals surface area contributed by atoms with Crippen molar-refractivity contribution >= 4 is 5.97 Å².